The summed E-state index contributed by atoms with van der Waals surface area (Å²) >= 11 is 0. The molecule has 0 bridgehead atoms. The van der Waals surface area contributed by atoms with Crippen molar-refractivity contribution in [3.05, 3.63) is 59.2 Å². The van der Waals surface area contributed by atoms with Gasteiger partial charge in [-0.2, -0.15) is 0 Å². The SMILES string of the molecule is CCCCCCc1ccc(Nc2ccc(CCCCCC)cc2CCCCCC)cc1. The summed E-state index contributed by atoms with van der Waals surface area (Å²) in [6.07, 6.45) is 19.5. The fraction of sp³-hybridized carbons (Fsp3) is 0.600. The van der Waals surface area contributed by atoms with Gasteiger partial charge in [-0.3, -0.25) is 0 Å². The maximum Gasteiger partial charge on any atom is 0.0416 e. The third-order valence-electron chi connectivity index (χ3n) is 6.34. The molecular weight excluding hydrogens is 374 g/mol. The van der Waals surface area contributed by atoms with Gasteiger partial charge in [0.25, 0.3) is 0 Å². The molecule has 1 heteroatoms. The van der Waals surface area contributed by atoms with Crippen molar-refractivity contribution in [1.82, 2.24) is 0 Å². The average molecular weight is 422 g/mol. The zero-order valence-electron chi connectivity index (χ0n) is 20.6. The van der Waals surface area contributed by atoms with E-state index in [-0.39, 0.29) is 0 Å². The van der Waals surface area contributed by atoms with E-state index in [1.807, 2.05) is 0 Å². The van der Waals surface area contributed by atoms with Crippen molar-refractivity contribution >= 4 is 11.4 Å². The first-order chi connectivity index (χ1) is 15.3. The molecule has 2 rings (SSSR count). The minimum absolute atomic E-state index is 1.18. The quantitative estimate of drug-likeness (QED) is 0.251. The minimum Gasteiger partial charge on any atom is -0.355 e. The summed E-state index contributed by atoms with van der Waals surface area (Å²) in [7, 11) is 0. The van der Waals surface area contributed by atoms with E-state index in [0.717, 1.165) is 0 Å². The highest BCUT2D eigenvalue weighted by Crippen LogP contribution is 2.26. The summed E-state index contributed by atoms with van der Waals surface area (Å²) in [4.78, 5) is 0. The van der Waals surface area contributed by atoms with E-state index in [2.05, 4.69) is 68.6 Å². The molecule has 0 aromatic heterocycles. The van der Waals surface area contributed by atoms with Crippen LogP contribution in [0.25, 0.3) is 0 Å². The van der Waals surface area contributed by atoms with Crippen molar-refractivity contribution in [3.63, 3.8) is 0 Å². The van der Waals surface area contributed by atoms with E-state index < -0.39 is 0 Å². The molecule has 1 N–H and O–H groups in total. The highest BCUT2D eigenvalue weighted by molar-refractivity contribution is 5.64. The monoisotopic (exact) mass is 421 g/mol. The zero-order chi connectivity index (χ0) is 22.2. The molecule has 0 fully saturated rings. The first-order valence-electron chi connectivity index (χ1n) is 13.2. The van der Waals surface area contributed by atoms with E-state index in [1.165, 1.54) is 124 Å². The van der Waals surface area contributed by atoms with Crippen molar-refractivity contribution in [2.75, 3.05) is 5.32 Å². The molecule has 0 radical (unpaired) electrons. The largest absolute Gasteiger partial charge is 0.355 e. The molecule has 0 saturated heterocycles. The van der Waals surface area contributed by atoms with Crippen LogP contribution in [0.5, 0.6) is 0 Å². The van der Waals surface area contributed by atoms with Gasteiger partial charge in [0.05, 0.1) is 0 Å². The molecule has 0 amide bonds. The van der Waals surface area contributed by atoms with Gasteiger partial charge in [-0.15, -0.1) is 0 Å². The van der Waals surface area contributed by atoms with Crippen molar-refractivity contribution in [2.24, 2.45) is 0 Å². The Hall–Kier alpha value is -1.76. The average Bonchev–Trinajstić information content (AvgIpc) is 2.79. The number of benzene rings is 2. The van der Waals surface area contributed by atoms with Gasteiger partial charge in [-0.05, 0) is 73.4 Å². The second-order valence-electron chi connectivity index (χ2n) is 9.25. The highest BCUT2D eigenvalue weighted by Gasteiger charge is 2.06. The third-order valence-corrected chi connectivity index (χ3v) is 6.34. The Morgan fingerprint density at radius 2 is 1.03 bits per heavy atom. The molecule has 31 heavy (non-hydrogen) atoms. The lowest BCUT2D eigenvalue weighted by Crippen LogP contribution is -1.99. The van der Waals surface area contributed by atoms with Crippen LogP contribution in [0.4, 0.5) is 11.4 Å². The summed E-state index contributed by atoms with van der Waals surface area (Å²) in [6, 6.07) is 16.3. The van der Waals surface area contributed by atoms with Gasteiger partial charge in [-0.25, -0.2) is 0 Å². The van der Waals surface area contributed by atoms with Crippen LogP contribution in [0, 0.1) is 0 Å². The molecule has 172 valence electrons. The summed E-state index contributed by atoms with van der Waals surface area (Å²) in [5.74, 6) is 0. The zero-order valence-corrected chi connectivity index (χ0v) is 20.6. The van der Waals surface area contributed by atoms with Crippen LogP contribution in [-0.4, -0.2) is 0 Å². The predicted molar refractivity (Wildman–Crippen MR) is 140 cm³/mol. The molecule has 0 atom stereocenters. The standard InChI is InChI=1S/C30H47N/c1-4-7-10-13-16-26-19-22-29(23-20-26)31-30-24-21-27(17-14-11-8-5-2)25-28(30)18-15-12-9-6-3/h19-25,31H,4-18H2,1-3H3. The molecule has 1 nitrogen and oxygen atoms in total. The smallest absolute Gasteiger partial charge is 0.0416 e. The fourth-order valence-electron chi connectivity index (χ4n) is 4.30. The number of hydrogen-bond acceptors (Lipinski definition) is 1. The Kier molecular flexibility index (Phi) is 13.1. The first kappa shape index (κ1) is 25.5. The van der Waals surface area contributed by atoms with Crippen molar-refractivity contribution in [3.8, 4) is 0 Å². The summed E-state index contributed by atoms with van der Waals surface area (Å²) in [5, 5.41) is 3.72. The van der Waals surface area contributed by atoms with E-state index in [4.69, 9.17) is 0 Å². The van der Waals surface area contributed by atoms with E-state index in [9.17, 15) is 0 Å². The van der Waals surface area contributed by atoms with E-state index in [0.29, 0.717) is 0 Å². The van der Waals surface area contributed by atoms with Gasteiger partial charge in [-0.1, -0.05) is 103 Å². The maximum atomic E-state index is 3.72. The van der Waals surface area contributed by atoms with Gasteiger partial charge in [0.15, 0.2) is 0 Å². The van der Waals surface area contributed by atoms with Crippen LogP contribution in [0.2, 0.25) is 0 Å². The van der Waals surface area contributed by atoms with Gasteiger partial charge in [0.2, 0.25) is 0 Å². The fourth-order valence-corrected chi connectivity index (χ4v) is 4.30. The molecule has 0 aliphatic heterocycles. The van der Waals surface area contributed by atoms with Crippen LogP contribution in [-0.2, 0) is 19.3 Å². The minimum atomic E-state index is 1.18. The van der Waals surface area contributed by atoms with Crippen molar-refractivity contribution in [2.45, 2.75) is 117 Å². The number of rotatable bonds is 17. The molecule has 0 aliphatic rings. The topological polar surface area (TPSA) is 12.0 Å². The van der Waals surface area contributed by atoms with Crippen molar-refractivity contribution < 1.29 is 0 Å². The number of unbranched alkanes of at least 4 members (excludes halogenated alkanes) is 9. The lowest BCUT2D eigenvalue weighted by Gasteiger charge is -2.15. The summed E-state index contributed by atoms with van der Waals surface area (Å²) in [6.45, 7) is 6.85. The Bertz CT molecular complexity index is 701. The molecule has 2 aromatic rings. The predicted octanol–water partition coefficient (Wildman–Crippen LogP) is 9.80. The van der Waals surface area contributed by atoms with Crippen LogP contribution in [0.3, 0.4) is 0 Å². The summed E-state index contributed by atoms with van der Waals surface area (Å²) in [5.41, 5.74) is 6.97. The molecule has 2 aromatic carbocycles. The van der Waals surface area contributed by atoms with Gasteiger partial charge in [0.1, 0.15) is 0 Å². The Morgan fingerprint density at radius 3 is 1.61 bits per heavy atom. The van der Waals surface area contributed by atoms with Crippen LogP contribution in [0.15, 0.2) is 42.5 Å². The normalized spacial score (nSPS) is 11.1. The summed E-state index contributed by atoms with van der Waals surface area (Å²) < 4.78 is 0. The van der Waals surface area contributed by atoms with Gasteiger partial charge in [0, 0.05) is 11.4 Å². The molecule has 0 unspecified atom stereocenters. The Labute approximate surface area is 193 Å². The van der Waals surface area contributed by atoms with Crippen LogP contribution in [0.1, 0.15) is 115 Å². The number of nitrogens with one attached hydrogen (secondary N) is 1. The highest BCUT2D eigenvalue weighted by atomic mass is 14.9. The van der Waals surface area contributed by atoms with Gasteiger partial charge < -0.3 is 5.32 Å². The molecule has 0 saturated carbocycles. The molecular formula is C30H47N. The van der Waals surface area contributed by atoms with Gasteiger partial charge >= 0.3 is 0 Å². The number of anilines is 2. The van der Waals surface area contributed by atoms with Crippen molar-refractivity contribution in [1.29, 1.82) is 0 Å². The molecule has 0 spiro atoms. The van der Waals surface area contributed by atoms with E-state index >= 15 is 0 Å². The number of hydrogen-bond donors (Lipinski definition) is 1. The van der Waals surface area contributed by atoms with Crippen LogP contribution < -0.4 is 5.32 Å². The second-order valence-corrected chi connectivity index (χ2v) is 9.25. The third kappa shape index (κ3) is 10.4. The Balaban J connectivity index is 1.99. The lowest BCUT2D eigenvalue weighted by atomic mass is 9.98. The second kappa shape index (κ2) is 16.0. The maximum absolute atomic E-state index is 3.72. The first-order valence-corrected chi connectivity index (χ1v) is 13.2. The Morgan fingerprint density at radius 1 is 0.516 bits per heavy atom. The lowest BCUT2D eigenvalue weighted by molar-refractivity contribution is 0.661. The number of aryl methyl sites for hydroxylation is 3. The van der Waals surface area contributed by atoms with E-state index in [1.54, 1.807) is 0 Å². The molecule has 0 heterocycles. The molecule has 0 aliphatic carbocycles. The van der Waals surface area contributed by atoms with Crippen LogP contribution >= 0.6 is 0 Å².